The predicted octanol–water partition coefficient (Wildman–Crippen LogP) is 5.24. The maximum absolute atomic E-state index is 13.8. The number of esters is 2. The smallest absolute Gasteiger partial charge is 0.344 e. The molecule has 0 bridgehead atoms. The molecule has 0 unspecified atom stereocenters. The molecule has 4 aromatic rings. The fraction of sp³-hybridized carbons (Fsp3) is 0.233. The van der Waals surface area contributed by atoms with Gasteiger partial charge in [-0.2, -0.15) is 0 Å². The number of pyridine rings is 1. The van der Waals surface area contributed by atoms with Gasteiger partial charge in [-0.15, -0.1) is 0 Å². The number of fused-ring (bicyclic) bond motifs is 1. The van der Waals surface area contributed by atoms with Crippen molar-refractivity contribution in [3.8, 4) is 16.9 Å². The molecule has 0 saturated carbocycles. The van der Waals surface area contributed by atoms with Crippen molar-refractivity contribution < 1.29 is 28.6 Å². The van der Waals surface area contributed by atoms with E-state index in [1.165, 1.54) is 19.2 Å². The number of nitrogen functional groups attached to an aromatic ring is 1. The highest BCUT2D eigenvalue weighted by Gasteiger charge is 2.24. The van der Waals surface area contributed by atoms with E-state index in [0.717, 1.165) is 22.2 Å². The normalized spacial score (nSPS) is 11.3. The fourth-order valence-corrected chi connectivity index (χ4v) is 4.35. The number of benzene rings is 2. The minimum atomic E-state index is -0.613. The average Bonchev–Trinajstić information content (AvgIpc) is 3.17. The van der Waals surface area contributed by atoms with Crippen molar-refractivity contribution in [2.24, 2.45) is 0 Å². The van der Waals surface area contributed by atoms with Crippen molar-refractivity contribution in [1.82, 2.24) is 4.40 Å². The van der Waals surface area contributed by atoms with Gasteiger partial charge >= 0.3 is 11.9 Å². The highest BCUT2D eigenvalue weighted by Crippen LogP contribution is 2.35. The first-order valence-electron chi connectivity index (χ1n) is 12.1. The third kappa shape index (κ3) is 5.39. The van der Waals surface area contributed by atoms with Gasteiger partial charge in [0.25, 0.3) is 0 Å². The summed E-state index contributed by atoms with van der Waals surface area (Å²) in [6, 6.07) is 17.6. The van der Waals surface area contributed by atoms with Crippen LogP contribution in [0.25, 0.3) is 16.6 Å². The Hall–Kier alpha value is -4.59. The Morgan fingerprint density at radius 3 is 2.45 bits per heavy atom. The number of nitrogens with zero attached hydrogens (tertiary/aromatic N) is 1. The van der Waals surface area contributed by atoms with Gasteiger partial charge in [-0.1, -0.05) is 18.2 Å². The minimum Gasteiger partial charge on any atom is -0.482 e. The minimum absolute atomic E-state index is 0.131. The molecule has 2 aromatic heterocycles. The number of carbonyl (C=O) groups excluding carboxylic acids is 3. The molecule has 0 saturated heterocycles. The molecule has 2 aromatic carbocycles. The Morgan fingerprint density at radius 2 is 1.74 bits per heavy atom. The van der Waals surface area contributed by atoms with Crippen LogP contribution in [0, 0.1) is 6.92 Å². The maximum atomic E-state index is 13.8. The van der Waals surface area contributed by atoms with E-state index in [-0.39, 0.29) is 23.6 Å². The highest BCUT2D eigenvalue weighted by atomic mass is 16.6. The van der Waals surface area contributed by atoms with Crippen LogP contribution in [0.15, 0.2) is 66.9 Å². The summed E-state index contributed by atoms with van der Waals surface area (Å²) in [5.41, 5.74) is 9.70. The summed E-state index contributed by atoms with van der Waals surface area (Å²) < 4.78 is 17.7. The largest absolute Gasteiger partial charge is 0.482 e. The van der Waals surface area contributed by atoms with Crippen LogP contribution >= 0.6 is 0 Å². The molecule has 0 atom stereocenters. The summed E-state index contributed by atoms with van der Waals surface area (Å²) in [5, 5.41) is 0. The second-order valence-corrected chi connectivity index (χ2v) is 9.83. The summed E-state index contributed by atoms with van der Waals surface area (Å²) in [7, 11) is 1.26. The summed E-state index contributed by atoms with van der Waals surface area (Å²) in [4.78, 5) is 38.0. The molecule has 0 radical (unpaired) electrons. The third-order valence-corrected chi connectivity index (χ3v) is 5.92. The van der Waals surface area contributed by atoms with Crippen molar-refractivity contribution >= 4 is 28.9 Å². The first-order chi connectivity index (χ1) is 18.0. The summed E-state index contributed by atoms with van der Waals surface area (Å²) in [6.07, 6.45) is 1.82. The number of hydrogen-bond acceptors (Lipinski definition) is 7. The molecule has 2 heterocycles. The molecule has 196 valence electrons. The molecule has 2 N–H and O–H groups in total. The van der Waals surface area contributed by atoms with Crippen molar-refractivity contribution in [2.45, 2.75) is 33.3 Å². The van der Waals surface area contributed by atoms with Gasteiger partial charge in [0.05, 0.1) is 23.9 Å². The summed E-state index contributed by atoms with van der Waals surface area (Å²) in [5.74, 6) is -0.844. The van der Waals surface area contributed by atoms with Gasteiger partial charge in [0.2, 0.25) is 5.78 Å². The van der Waals surface area contributed by atoms with Crippen molar-refractivity contribution in [2.75, 3.05) is 19.5 Å². The first-order valence-corrected chi connectivity index (χ1v) is 12.1. The number of nitrogens with two attached hydrogens (primary N) is 1. The molecule has 0 aliphatic carbocycles. The van der Waals surface area contributed by atoms with Crippen LogP contribution in [0.4, 0.5) is 5.69 Å². The number of ketones is 1. The van der Waals surface area contributed by atoms with E-state index in [4.69, 9.17) is 19.9 Å². The predicted molar refractivity (Wildman–Crippen MR) is 145 cm³/mol. The molecule has 8 heteroatoms. The molecule has 0 aliphatic rings. The van der Waals surface area contributed by atoms with Gasteiger partial charge < -0.3 is 24.3 Å². The Bertz CT molecular complexity index is 1540. The van der Waals surface area contributed by atoms with Crippen LogP contribution in [0.2, 0.25) is 0 Å². The van der Waals surface area contributed by atoms with Crippen LogP contribution in [-0.2, 0) is 14.3 Å². The van der Waals surface area contributed by atoms with Crippen LogP contribution in [0.1, 0.15) is 52.7 Å². The zero-order valence-electron chi connectivity index (χ0n) is 22.0. The van der Waals surface area contributed by atoms with Gasteiger partial charge in [0.15, 0.2) is 6.61 Å². The zero-order valence-corrected chi connectivity index (χ0v) is 22.0. The topological polar surface area (TPSA) is 109 Å². The van der Waals surface area contributed by atoms with Gasteiger partial charge in [-0.25, -0.2) is 9.59 Å². The molecule has 0 spiro atoms. The van der Waals surface area contributed by atoms with E-state index >= 15 is 0 Å². The number of carbonyl (C=O) groups is 3. The van der Waals surface area contributed by atoms with Gasteiger partial charge in [-0.3, -0.25) is 4.79 Å². The molecule has 8 nitrogen and oxygen atoms in total. The lowest BCUT2D eigenvalue weighted by molar-refractivity contribution is -0.157. The van der Waals surface area contributed by atoms with Gasteiger partial charge in [0, 0.05) is 23.0 Å². The standard InChI is InChI=1S/C30H30N2O6/c1-18-26(19-9-8-10-21(15-19)37-17-25(33)38-30(2,3)4)24-11-6-7-14-32(24)27(18)28(34)20-12-13-23(31)22(16-20)29(35)36-5/h6-16H,17,31H2,1-5H3. The Balaban J connectivity index is 1.74. The molecule has 4 rings (SSSR count). The zero-order chi connectivity index (χ0) is 27.6. The van der Waals surface area contributed by atoms with Crippen LogP contribution in [0.3, 0.4) is 0 Å². The van der Waals surface area contributed by atoms with E-state index in [9.17, 15) is 14.4 Å². The number of methoxy groups -OCH3 is 1. The SMILES string of the molecule is COC(=O)c1cc(C(=O)c2c(C)c(-c3cccc(OCC(=O)OC(C)(C)C)c3)c3ccccn23)ccc1N. The summed E-state index contributed by atoms with van der Waals surface area (Å²) >= 11 is 0. The molecule has 0 fully saturated rings. The van der Waals surface area contributed by atoms with E-state index in [2.05, 4.69) is 0 Å². The molecule has 0 amide bonds. The average molecular weight is 515 g/mol. The van der Waals surface area contributed by atoms with E-state index in [1.54, 1.807) is 32.9 Å². The Labute approximate surface area is 220 Å². The Morgan fingerprint density at radius 1 is 0.974 bits per heavy atom. The first kappa shape index (κ1) is 26.5. The third-order valence-electron chi connectivity index (χ3n) is 5.92. The lowest BCUT2D eigenvalue weighted by Crippen LogP contribution is -2.27. The maximum Gasteiger partial charge on any atom is 0.344 e. The van der Waals surface area contributed by atoms with Gasteiger partial charge in [0.1, 0.15) is 11.4 Å². The number of anilines is 1. The van der Waals surface area contributed by atoms with Crippen molar-refractivity contribution in [3.05, 3.63) is 89.2 Å². The van der Waals surface area contributed by atoms with Gasteiger partial charge in [-0.05, 0) is 81.3 Å². The second kappa shape index (κ2) is 10.4. The number of rotatable bonds is 7. The van der Waals surface area contributed by atoms with E-state index in [0.29, 0.717) is 17.0 Å². The summed E-state index contributed by atoms with van der Waals surface area (Å²) in [6.45, 7) is 7.05. The van der Waals surface area contributed by atoms with Crippen LogP contribution in [0.5, 0.6) is 5.75 Å². The van der Waals surface area contributed by atoms with E-state index < -0.39 is 17.5 Å². The Kier molecular flexibility index (Phi) is 7.26. The van der Waals surface area contributed by atoms with E-state index in [1.807, 2.05) is 53.9 Å². The molecule has 0 aliphatic heterocycles. The van der Waals surface area contributed by atoms with Crippen molar-refractivity contribution in [3.63, 3.8) is 0 Å². The lowest BCUT2D eigenvalue weighted by atomic mass is 9.98. The molecule has 38 heavy (non-hydrogen) atoms. The highest BCUT2D eigenvalue weighted by molar-refractivity contribution is 6.13. The number of hydrogen-bond donors (Lipinski definition) is 1. The fourth-order valence-electron chi connectivity index (χ4n) is 4.35. The second-order valence-electron chi connectivity index (χ2n) is 9.83. The van der Waals surface area contributed by atoms with Crippen molar-refractivity contribution in [1.29, 1.82) is 0 Å². The number of aromatic nitrogens is 1. The quantitative estimate of drug-likeness (QED) is 0.204. The lowest BCUT2D eigenvalue weighted by Gasteiger charge is -2.19. The van der Waals surface area contributed by atoms with Crippen LogP contribution < -0.4 is 10.5 Å². The van der Waals surface area contributed by atoms with Crippen LogP contribution in [-0.4, -0.2) is 41.4 Å². The molecular weight excluding hydrogens is 484 g/mol. The monoisotopic (exact) mass is 514 g/mol. The number of ether oxygens (including phenoxy) is 3. The molecular formula is C30H30N2O6.